The summed E-state index contributed by atoms with van der Waals surface area (Å²) in [5.74, 6) is 0.245. The van der Waals surface area contributed by atoms with Crippen molar-refractivity contribution in [3.8, 4) is 5.75 Å². The lowest BCUT2D eigenvalue weighted by molar-refractivity contribution is -0.385. The first-order valence-corrected chi connectivity index (χ1v) is 7.47. The van der Waals surface area contributed by atoms with E-state index >= 15 is 0 Å². The van der Waals surface area contributed by atoms with Crippen LogP contribution in [-0.4, -0.2) is 16.1 Å². The molecule has 0 aliphatic carbocycles. The monoisotopic (exact) mass is 316 g/mol. The van der Waals surface area contributed by atoms with Crippen LogP contribution in [0.1, 0.15) is 0 Å². The van der Waals surface area contributed by atoms with Gasteiger partial charge >= 0.3 is 5.69 Å². The third-order valence-electron chi connectivity index (χ3n) is 3.24. The third kappa shape index (κ3) is 2.71. The molecular weight excluding hydrogens is 304 g/mol. The number of nitrogens with zero attached hydrogens (tertiary/aromatic N) is 2. The first-order valence-electron chi connectivity index (χ1n) is 6.59. The average molecular weight is 316 g/mol. The summed E-state index contributed by atoms with van der Waals surface area (Å²) in [6.07, 6.45) is 1.71. The highest BCUT2D eigenvalue weighted by molar-refractivity contribution is 7.17. The van der Waals surface area contributed by atoms with E-state index < -0.39 is 4.92 Å². The van der Waals surface area contributed by atoms with Crippen LogP contribution in [0.25, 0.3) is 10.2 Å². The van der Waals surface area contributed by atoms with Gasteiger partial charge in [0.2, 0.25) is 0 Å². The number of benzene rings is 1. The van der Waals surface area contributed by atoms with Crippen molar-refractivity contribution in [1.82, 2.24) is 4.57 Å². The minimum atomic E-state index is -0.466. The van der Waals surface area contributed by atoms with Gasteiger partial charge in [0.15, 0.2) is 11.2 Å². The van der Waals surface area contributed by atoms with Gasteiger partial charge in [-0.2, -0.15) is 0 Å². The highest BCUT2D eigenvalue weighted by Crippen LogP contribution is 2.25. The first kappa shape index (κ1) is 14.3. The zero-order chi connectivity index (χ0) is 15.5. The quantitative estimate of drug-likeness (QED) is 0.535. The van der Waals surface area contributed by atoms with Crippen molar-refractivity contribution in [3.63, 3.8) is 0 Å². The molecule has 2 heterocycles. The van der Waals surface area contributed by atoms with Crippen molar-refractivity contribution in [2.24, 2.45) is 0 Å². The molecule has 0 fully saturated rings. The molecule has 22 heavy (non-hydrogen) atoms. The molecule has 3 rings (SSSR count). The number of pyridine rings is 1. The minimum Gasteiger partial charge on any atom is -0.485 e. The van der Waals surface area contributed by atoms with E-state index in [1.54, 1.807) is 24.4 Å². The molecule has 0 bridgehead atoms. The fraction of sp³-hybridized carbons (Fsp3) is 0.133. The van der Waals surface area contributed by atoms with E-state index in [0.717, 1.165) is 5.52 Å². The lowest BCUT2D eigenvalue weighted by atomic mass is 10.3. The van der Waals surface area contributed by atoms with Crippen LogP contribution < -0.4 is 10.2 Å². The molecule has 0 radical (unpaired) electrons. The van der Waals surface area contributed by atoms with Crippen LogP contribution in [0.3, 0.4) is 0 Å². The maximum atomic E-state index is 11.7. The lowest BCUT2D eigenvalue weighted by Crippen LogP contribution is -2.12. The molecule has 0 spiro atoms. The number of aromatic nitrogens is 1. The molecule has 0 aliphatic rings. The SMILES string of the molecule is O=c1ccn(CCOc2ccccc2[N+](=O)[O-])c2ccsc12. The average Bonchev–Trinajstić information content (AvgIpc) is 3.00. The molecule has 1 aromatic carbocycles. The Morgan fingerprint density at radius 1 is 1.23 bits per heavy atom. The molecule has 0 saturated heterocycles. The lowest BCUT2D eigenvalue weighted by Gasteiger charge is -2.10. The van der Waals surface area contributed by atoms with Crippen molar-refractivity contribution in [2.75, 3.05) is 6.61 Å². The number of nitro benzene ring substituents is 1. The fourth-order valence-electron chi connectivity index (χ4n) is 2.21. The zero-order valence-electron chi connectivity index (χ0n) is 11.5. The molecule has 6 nitrogen and oxygen atoms in total. The Bertz CT molecular complexity index is 884. The summed E-state index contributed by atoms with van der Waals surface area (Å²) in [6.45, 7) is 0.776. The fourth-order valence-corrected chi connectivity index (χ4v) is 3.03. The number of hydrogen-bond acceptors (Lipinski definition) is 5. The van der Waals surface area contributed by atoms with Crippen molar-refractivity contribution >= 4 is 27.2 Å². The van der Waals surface area contributed by atoms with Crippen LogP contribution in [-0.2, 0) is 6.54 Å². The summed E-state index contributed by atoms with van der Waals surface area (Å²) in [5, 5.41) is 12.8. The molecule has 3 aromatic rings. The van der Waals surface area contributed by atoms with Gasteiger partial charge in [0, 0.05) is 18.3 Å². The van der Waals surface area contributed by atoms with E-state index in [4.69, 9.17) is 4.74 Å². The van der Waals surface area contributed by atoms with E-state index in [1.165, 1.54) is 23.5 Å². The van der Waals surface area contributed by atoms with Crippen LogP contribution in [0.4, 0.5) is 5.69 Å². The molecule has 112 valence electrons. The topological polar surface area (TPSA) is 74.4 Å². The van der Waals surface area contributed by atoms with Crippen LogP contribution >= 0.6 is 11.3 Å². The highest BCUT2D eigenvalue weighted by Gasteiger charge is 2.13. The minimum absolute atomic E-state index is 0.000801. The smallest absolute Gasteiger partial charge is 0.310 e. The maximum absolute atomic E-state index is 11.7. The molecule has 0 atom stereocenters. The molecule has 0 aliphatic heterocycles. The van der Waals surface area contributed by atoms with E-state index in [9.17, 15) is 14.9 Å². The Morgan fingerprint density at radius 2 is 2.05 bits per heavy atom. The Morgan fingerprint density at radius 3 is 2.86 bits per heavy atom. The summed E-state index contributed by atoms with van der Waals surface area (Å²) >= 11 is 1.40. The number of hydrogen-bond donors (Lipinski definition) is 0. The molecule has 7 heteroatoms. The van der Waals surface area contributed by atoms with Gasteiger partial charge in [-0.25, -0.2) is 0 Å². The Labute approximate surface area is 129 Å². The van der Waals surface area contributed by atoms with Crippen LogP contribution in [0, 0.1) is 10.1 Å². The predicted octanol–water partition coefficient (Wildman–Crippen LogP) is 3.05. The van der Waals surface area contributed by atoms with Gasteiger partial charge in [0.05, 0.1) is 21.7 Å². The van der Waals surface area contributed by atoms with Gasteiger partial charge in [-0.3, -0.25) is 14.9 Å². The standard InChI is InChI=1S/C15H12N2O4S/c18-13-5-7-16(12-6-10-22-15(12)13)8-9-21-14-4-2-1-3-11(14)17(19)20/h1-7,10H,8-9H2. The number of rotatable bonds is 5. The summed E-state index contributed by atoms with van der Waals surface area (Å²) < 4.78 is 8.13. The van der Waals surface area contributed by atoms with Gasteiger partial charge in [-0.05, 0) is 17.5 Å². The largest absolute Gasteiger partial charge is 0.485 e. The Hall–Kier alpha value is -2.67. The number of nitro groups is 1. The van der Waals surface area contributed by atoms with Crippen molar-refractivity contribution in [3.05, 3.63) is 68.3 Å². The summed E-state index contributed by atoms with van der Waals surface area (Å²) in [4.78, 5) is 22.2. The number of para-hydroxylation sites is 2. The first-order chi connectivity index (χ1) is 10.7. The summed E-state index contributed by atoms with van der Waals surface area (Å²) in [5.41, 5.74) is 0.799. The molecule has 0 N–H and O–H groups in total. The normalized spacial score (nSPS) is 10.7. The van der Waals surface area contributed by atoms with Gasteiger partial charge in [0.25, 0.3) is 0 Å². The predicted molar refractivity (Wildman–Crippen MR) is 84.7 cm³/mol. The highest BCUT2D eigenvalue weighted by atomic mass is 32.1. The number of ether oxygens (including phenoxy) is 1. The van der Waals surface area contributed by atoms with Crippen molar-refractivity contribution in [2.45, 2.75) is 6.54 Å². The maximum Gasteiger partial charge on any atom is 0.310 e. The second-order valence-electron chi connectivity index (χ2n) is 4.58. The van der Waals surface area contributed by atoms with E-state index in [2.05, 4.69) is 0 Å². The van der Waals surface area contributed by atoms with Crippen molar-refractivity contribution < 1.29 is 9.66 Å². The van der Waals surface area contributed by atoms with Crippen LogP contribution in [0.15, 0.2) is 52.8 Å². The second-order valence-corrected chi connectivity index (χ2v) is 5.50. The van der Waals surface area contributed by atoms with E-state index in [-0.39, 0.29) is 23.5 Å². The van der Waals surface area contributed by atoms with Gasteiger partial charge in [-0.15, -0.1) is 11.3 Å². The van der Waals surface area contributed by atoms with Gasteiger partial charge < -0.3 is 9.30 Å². The Balaban J connectivity index is 1.76. The summed E-state index contributed by atoms with van der Waals surface area (Å²) in [6, 6.07) is 9.67. The molecule has 0 amide bonds. The molecule has 0 unspecified atom stereocenters. The van der Waals surface area contributed by atoms with E-state index in [0.29, 0.717) is 11.2 Å². The third-order valence-corrected chi connectivity index (χ3v) is 4.15. The summed E-state index contributed by atoms with van der Waals surface area (Å²) in [7, 11) is 0. The zero-order valence-corrected chi connectivity index (χ0v) is 12.3. The number of fused-ring (bicyclic) bond motifs is 1. The van der Waals surface area contributed by atoms with Crippen molar-refractivity contribution in [1.29, 1.82) is 0 Å². The van der Waals surface area contributed by atoms with Gasteiger partial charge in [-0.1, -0.05) is 12.1 Å². The van der Waals surface area contributed by atoms with E-state index in [1.807, 2.05) is 16.0 Å². The molecular formula is C15H12N2O4S. The second kappa shape index (κ2) is 5.98. The Kier molecular flexibility index (Phi) is 3.88. The van der Waals surface area contributed by atoms with Gasteiger partial charge in [0.1, 0.15) is 6.61 Å². The number of thiophene rings is 1. The molecule has 0 saturated carbocycles. The molecule has 2 aromatic heterocycles. The van der Waals surface area contributed by atoms with Crippen LogP contribution in [0.2, 0.25) is 0 Å². The van der Waals surface area contributed by atoms with Crippen LogP contribution in [0.5, 0.6) is 5.75 Å².